The molecule has 1 aromatic carbocycles. The fraction of sp³-hybridized carbons (Fsp3) is 0.348. The molecule has 4 rings (SSSR count). The maximum atomic E-state index is 13.2. The van der Waals surface area contributed by atoms with E-state index in [-0.39, 0.29) is 11.9 Å². The molecule has 1 aliphatic carbocycles. The number of aromatic nitrogens is 1. The van der Waals surface area contributed by atoms with Gasteiger partial charge in [-0.1, -0.05) is 36.4 Å². The van der Waals surface area contributed by atoms with Crippen LogP contribution >= 0.6 is 0 Å². The van der Waals surface area contributed by atoms with Crippen molar-refractivity contribution in [1.82, 2.24) is 4.98 Å². The lowest BCUT2D eigenvalue weighted by atomic mass is 10.0. The summed E-state index contributed by atoms with van der Waals surface area (Å²) in [5.41, 5.74) is 1.54. The molecule has 3 nitrogen and oxygen atoms in total. The van der Waals surface area contributed by atoms with Crippen LogP contribution in [0.15, 0.2) is 72.1 Å². The Kier molecular flexibility index (Phi) is 5.60. The summed E-state index contributed by atoms with van der Waals surface area (Å²) in [6.07, 6.45) is 2.44. The van der Waals surface area contributed by atoms with Crippen LogP contribution in [0.1, 0.15) is 25.7 Å². The number of allylic oxidation sites excluding steroid dienone is 3. The Morgan fingerprint density at radius 2 is 1.62 bits per heavy atom. The summed E-state index contributed by atoms with van der Waals surface area (Å²) >= 11 is 0. The molecule has 2 aromatic rings. The fourth-order valence-corrected chi connectivity index (χ4v) is 3.78. The molecular formula is C23H23F3N2O. The van der Waals surface area contributed by atoms with Crippen molar-refractivity contribution < 1.29 is 17.9 Å². The molecule has 0 spiro atoms. The van der Waals surface area contributed by atoms with Crippen molar-refractivity contribution in [3.8, 4) is 11.1 Å². The average molecular weight is 400 g/mol. The molecule has 0 radical (unpaired) electrons. The van der Waals surface area contributed by atoms with E-state index in [0.29, 0.717) is 38.8 Å². The highest BCUT2D eigenvalue weighted by molar-refractivity contribution is 5.63. The summed E-state index contributed by atoms with van der Waals surface area (Å²) in [5.74, 6) is 0.878. The van der Waals surface area contributed by atoms with Gasteiger partial charge in [-0.2, -0.15) is 13.2 Å². The highest BCUT2D eigenvalue weighted by atomic mass is 19.4. The number of pyridine rings is 1. The summed E-state index contributed by atoms with van der Waals surface area (Å²) in [4.78, 5) is 6.74. The molecule has 0 N–H and O–H groups in total. The first kappa shape index (κ1) is 19.6. The second-order valence-corrected chi connectivity index (χ2v) is 7.34. The number of anilines is 1. The molecule has 2 heterocycles. The van der Waals surface area contributed by atoms with E-state index in [0.717, 1.165) is 16.9 Å². The van der Waals surface area contributed by atoms with Crippen molar-refractivity contribution in [2.45, 2.75) is 38.0 Å². The molecule has 0 unspecified atom stereocenters. The number of piperidine rings is 1. The standard InChI is InChI=1S/C23H23F3N2O/c24-23(25,26)20-8-4-5-9-21(20)29-19-12-14-28(15-13-19)22-11-10-18(16-27-22)17-6-2-1-3-7-17/h1-3,6-11,16,19H,4-5,12-15H2. The van der Waals surface area contributed by atoms with Crippen LogP contribution in [-0.4, -0.2) is 30.4 Å². The van der Waals surface area contributed by atoms with Crippen LogP contribution in [0.4, 0.5) is 19.0 Å². The number of benzene rings is 1. The van der Waals surface area contributed by atoms with E-state index in [4.69, 9.17) is 4.74 Å². The molecule has 1 aliphatic heterocycles. The van der Waals surface area contributed by atoms with Crippen LogP contribution in [0.3, 0.4) is 0 Å². The van der Waals surface area contributed by atoms with Crippen LogP contribution in [-0.2, 0) is 4.74 Å². The van der Waals surface area contributed by atoms with Crippen LogP contribution < -0.4 is 4.90 Å². The lowest BCUT2D eigenvalue weighted by Crippen LogP contribution is -2.37. The molecule has 152 valence electrons. The number of ether oxygens (including phenoxy) is 1. The van der Waals surface area contributed by atoms with Gasteiger partial charge in [-0.05, 0) is 36.6 Å². The predicted molar refractivity (Wildman–Crippen MR) is 107 cm³/mol. The second kappa shape index (κ2) is 8.31. The molecule has 2 aliphatic rings. The van der Waals surface area contributed by atoms with Gasteiger partial charge in [0.2, 0.25) is 0 Å². The van der Waals surface area contributed by atoms with Crippen LogP contribution in [0.5, 0.6) is 0 Å². The maximum Gasteiger partial charge on any atom is 0.419 e. The van der Waals surface area contributed by atoms with Gasteiger partial charge in [0.25, 0.3) is 0 Å². The number of rotatable bonds is 4. The topological polar surface area (TPSA) is 25.4 Å². The predicted octanol–water partition coefficient (Wildman–Crippen LogP) is 5.90. The van der Waals surface area contributed by atoms with Crippen molar-refractivity contribution >= 4 is 5.82 Å². The highest BCUT2D eigenvalue weighted by Crippen LogP contribution is 2.36. The number of hydrogen-bond donors (Lipinski definition) is 0. The monoisotopic (exact) mass is 400 g/mol. The van der Waals surface area contributed by atoms with Gasteiger partial charge >= 0.3 is 6.18 Å². The molecule has 1 aromatic heterocycles. The molecule has 6 heteroatoms. The van der Waals surface area contributed by atoms with Crippen LogP contribution in [0, 0.1) is 0 Å². The van der Waals surface area contributed by atoms with Crippen molar-refractivity contribution in [2.75, 3.05) is 18.0 Å². The first-order valence-electron chi connectivity index (χ1n) is 9.92. The third kappa shape index (κ3) is 4.63. The number of nitrogens with zero attached hydrogens (tertiary/aromatic N) is 2. The third-order valence-corrected chi connectivity index (χ3v) is 5.33. The second-order valence-electron chi connectivity index (χ2n) is 7.34. The van der Waals surface area contributed by atoms with Gasteiger partial charge in [0, 0.05) is 37.7 Å². The van der Waals surface area contributed by atoms with Crippen molar-refractivity contribution in [2.24, 2.45) is 0 Å². The zero-order valence-corrected chi connectivity index (χ0v) is 16.0. The Hall–Kier alpha value is -2.76. The molecule has 0 saturated carbocycles. The van der Waals surface area contributed by atoms with E-state index < -0.39 is 11.7 Å². The van der Waals surface area contributed by atoms with Gasteiger partial charge in [-0.15, -0.1) is 0 Å². The molecular weight excluding hydrogens is 377 g/mol. The molecule has 29 heavy (non-hydrogen) atoms. The van der Waals surface area contributed by atoms with Crippen molar-refractivity contribution in [3.05, 3.63) is 72.1 Å². The third-order valence-electron chi connectivity index (χ3n) is 5.33. The van der Waals surface area contributed by atoms with Crippen molar-refractivity contribution in [1.29, 1.82) is 0 Å². The summed E-state index contributed by atoms with van der Waals surface area (Å²) in [5, 5.41) is 0. The number of hydrogen-bond acceptors (Lipinski definition) is 3. The largest absolute Gasteiger partial charge is 0.490 e. The Morgan fingerprint density at radius 3 is 2.28 bits per heavy atom. The Bertz CT molecular complexity index is 881. The van der Waals surface area contributed by atoms with E-state index >= 15 is 0 Å². The lowest BCUT2D eigenvalue weighted by Gasteiger charge is -2.34. The molecule has 0 bridgehead atoms. The van der Waals surface area contributed by atoms with Gasteiger partial charge in [0.15, 0.2) is 0 Å². The molecule has 1 saturated heterocycles. The van der Waals surface area contributed by atoms with Crippen LogP contribution in [0.2, 0.25) is 0 Å². The Morgan fingerprint density at radius 1 is 0.897 bits per heavy atom. The Balaban J connectivity index is 1.35. The van der Waals surface area contributed by atoms with Gasteiger partial charge in [-0.3, -0.25) is 0 Å². The minimum absolute atomic E-state index is 0.00691. The average Bonchev–Trinajstić information content (AvgIpc) is 2.75. The summed E-state index contributed by atoms with van der Waals surface area (Å²) in [6, 6.07) is 14.1. The van der Waals surface area contributed by atoms with E-state index in [1.165, 1.54) is 6.08 Å². The minimum atomic E-state index is -4.36. The van der Waals surface area contributed by atoms with E-state index in [9.17, 15) is 13.2 Å². The number of alkyl halides is 3. The van der Waals surface area contributed by atoms with Gasteiger partial charge < -0.3 is 9.64 Å². The zero-order chi connectivity index (χ0) is 20.3. The van der Waals surface area contributed by atoms with E-state index in [1.54, 1.807) is 6.08 Å². The SMILES string of the molecule is FC(F)(F)C1=CCCC=C1OC1CCN(c2ccc(-c3ccccc3)cn2)CC1. The van der Waals surface area contributed by atoms with Gasteiger partial charge in [-0.25, -0.2) is 4.98 Å². The first-order valence-corrected chi connectivity index (χ1v) is 9.92. The lowest BCUT2D eigenvalue weighted by molar-refractivity contribution is -0.0964. The van der Waals surface area contributed by atoms with Gasteiger partial charge in [0.05, 0.1) is 5.57 Å². The highest BCUT2D eigenvalue weighted by Gasteiger charge is 2.38. The maximum absolute atomic E-state index is 13.2. The summed E-state index contributed by atoms with van der Waals surface area (Å²) in [6.45, 7) is 1.42. The van der Waals surface area contributed by atoms with Crippen LogP contribution in [0.25, 0.3) is 11.1 Å². The zero-order valence-electron chi connectivity index (χ0n) is 16.0. The normalized spacial score (nSPS) is 18.2. The molecule has 0 atom stereocenters. The quantitative estimate of drug-likeness (QED) is 0.639. The summed E-state index contributed by atoms with van der Waals surface area (Å²) < 4.78 is 45.3. The smallest absolute Gasteiger partial charge is 0.419 e. The van der Waals surface area contributed by atoms with E-state index in [1.807, 2.05) is 48.7 Å². The van der Waals surface area contributed by atoms with E-state index in [2.05, 4.69) is 9.88 Å². The molecule has 1 fully saturated rings. The molecule has 0 amide bonds. The van der Waals surface area contributed by atoms with Crippen molar-refractivity contribution in [3.63, 3.8) is 0 Å². The summed E-state index contributed by atoms with van der Waals surface area (Å²) in [7, 11) is 0. The fourth-order valence-electron chi connectivity index (χ4n) is 3.78. The Labute approximate surface area is 168 Å². The van der Waals surface area contributed by atoms with Gasteiger partial charge in [0.1, 0.15) is 17.7 Å². The first-order chi connectivity index (χ1) is 14.0. The minimum Gasteiger partial charge on any atom is -0.490 e. The number of halogens is 3.